The number of rotatable bonds is 5. The lowest BCUT2D eigenvalue weighted by Gasteiger charge is -2.30. The second-order valence-corrected chi connectivity index (χ2v) is 9.10. The van der Waals surface area contributed by atoms with Crippen molar-refractivity contribution in [2.24, 2.45) is 0 Å². The zero-order chi connectivity index (χ0) is 20.7. The van der Waals surface area contributed by atoms with Gasteiger partial charge in [0.1, 0.15) is 23.7 Å². The van der Waals surface area contributed by atoms with E-state index in [4.69, 9.17) is 9.47 Å². The average Bonchev–Trinajstić information content (AvgIpc) is 3.33. The SMILES string of the molecule is COc1ccc(CN2Cn3ncnc3-c3c2sc(CN2CCOC(C)C2)c3C)cc1. The van der Waals surface area contributed by atoms with E-state index in [2.05, 4.69) is 45.9 Å². The van der Waals surface area contributed by atoms with E-state index in [-0.39, 0.29) is 0 Å². The fourth-order valence-corrected chi connectivity index (χ4v) is 5.61. The molecule has 1 aromatic carbocycles. The van der Waals surface area contributed by atoms with Crippen molar-refractivity contribution in [1.82, 2.24) is 19.7 Å². The van der Waals surface area contributed by atoms with E-state index in [0.29, 0.717) is 12.8 Å². The van der Waals surface area contributed by atoms with Crippen molar-refractivity contribution in [2.45, 2.75) is 39.7 Å². The van der Waals surface area contributed by atoms with E-state index in [1.165, 1.54) is 26.6 Å². The summed E-state index contributed by atoms with van der Waals surface area (Å²) in [6.45, 7) is 9.64. The molecule has 7 nitrogen and oxygen atoms in total. The van der Waals surface area contributed by atoms with Gasteiger partial charge in [-0.15, -0.1) is 11.3 Å². The molecule has 0 spiro atoms. The van der Waals surface area contributed by atoms with Crippen LogP contribution in [-0.2, 0) is 24.5 Å². The Morgan fingerprint density at radius 3 is 2.83 bits per heavy atom. The molecule has 2 aromatic heterocycles. The standard InChI is InChI=1S/C22H27N5O2S/c1-15-10-25(8-9-29-15)12-19-16(2)20-21-23-13-24-27(21)14-26(22(20)30-19)11-17-4-6-18(28-3)7-5-17/h4-7,13,15H,8-12,14H2,1-3H3. The summed E-state index contributed by atoms with van der Waals surface area (Å²) in [6.07, 6.45) is 1.96. The second kappa shape index (κ2) is 8.02. The molecule has 30 heavy (non-hydrogen) atoms. The first-order valence-electron chi connectivity index (χ1n) is 10.3. The number of anilines is 1. The van der Waals surface area contributed by atoms with E-state index in [0.717, 1.165) is 44.4 Å². The lowest BCUT2D eigenvalue weighted by atomic mass is 10.1. The van der Waals surface area contributed by atoms with Crippen molar-refractivity contribution in [1.29, 1.82) is 0 Å². The van der Waals surface area contributed by atoms with Gasteiger partial charge >= 0.3 is 0 Å². The van der Waals surface area contributed by atoms with Crippen LogP contribution in [-0.4, -0.2) is 52.6 Å². The van der Waals surface area contributed by atoms with E-state index < -0.39 is 0 Å². The summed E-state index contributed by atoms with van der Waals surface area (Å²) in [5.41, 5.74) is 3.80. The molecule has 5 rings (SSSR count). The third-order valence-corrected chi connectivity index (χ3v) is 7.22. The maximum absolute atomic E-state index is 5.72. The molecule has 158 valence electrons. The summed E-state index contributed by atoms with van der Waals surface area (Å²) in [4.78, 5) is 10.9. The van der Waals surface area contributed by atoms with Crippen LogP contribution in [0.3, 0.4) is 0 Å². The van der Waals surface area contributed by atoms with Crippen molar-refractivity contribution >= 4 is 16.3 Å². The molecule has 0 amide bonds. The van der Waals surface area contributed by atoms with Gasteiger partial charge in [-0.25, -0.2) is 9.67 Å². The smallest absolute Gasteiger partial charge is 0.163 e. The summed E-state index contributed by atoms with van der Waals surface area (Å²) in [7, 11) is 1.70. The zero-order valence-electron chi connectivity index (χ0n) is 17.7. The predicted octanol–water partition coefficient (Wildman–Crippen LogP) is 3.52. The number of nitrogens with zero attached hydrogens (tertiary/aromatic N) is 5. The normalized spacial score (nSPS) is 18.9. The number of aromatic nitrogens is 3. The highest BCUT2D eigenvalue weighted by Gasteiger charge is 2.30. The summed E-state index contributed by atoms with van der Waals surface area (Å²) in [6, 6.07) is 8.30. The van der Waals surface area contributed by atoms with Crippen LogP contribution in [0.25, 0.3) is 11.4 Å². The van der Waals surface area contributed by atoms with Gasteiger partial charge in [0.15, 0.2) is 5.82 Å². The van der Waals surface area contributed by atoms with Gasteiger partial charge in [-0.3, -0.25) is 4.90 Å². The number of morpholine rings is 1. The number of thiophene rings is 1. The number of hydrogen-bond acceptors (Lipinski definition) is 7. The maximum atomic E-state index is 5.72. The summed E-state index contributed by atoms with van der Waals surface area (Å²) in [5.74, 6) is 1.86. The van der Waals surface area contributed by atoms with Crippen LogP contribution in [0.15, 0.2) is 30.6 Å². The predicted molar refractivity (Wildman–Crippen MR) is 118 cm³/mol. The minimum Gasteiger partial charge on any atom is -0.497 e. The Hall–Kier alpha value is -2.42. The zero-order valence-corrected chi connectivity index (χ0v) is 18.5. The quantitative estimate of drug-likeness (QED) is 0.623. The first-order chi connectivity index (χ1) is 14.6. The monoisotopic (exact) mass is 425 g/mol. The molecule has 4 heterocycles. The minimum absolute atomic E-state index is 0.295. The Morgan fingerprint density at radius 2 is 2.07 bits per heavy atom. The van der Waals surface area contributed by atoms with Crippen molar-refractivity contribution in [2.75, 3.05) is 31.7 Å². The molecule has 0 saturated carbocycles. The largest absolute Gasteiger partial charge is 0.497 e. The third-order valence-electron chi connectivity index (χ3n) is 5.88. The van der Waals surface area contributed by atoms with Gasteiger partial charge in [0.25, 0.3) is 0 Å². The number of ether oxygens (including phenoxy) is 2. The van der Waals surface area contributed by atoms with E-state index >= 15 is 0 Å². The van der Waals surface area contributed by atoms with Gasteiger partial charge in [0, 0.05) is 31.1 Å². The molecule has 1 saturated heterocycles. The van der Waals surface area contributed by atoms with Gasteiger partial charge in [-0.2, -0.15) is 5.10 Å². The Morgan fingerprint density at radius 1 is 1.23 bits per heavy atom. The molecule has 8 heteroatoms. The molecular formula is C22H27N5O2S. The van der Waals surface area contributed by atoms with Crippen LogP contribution in [0.5, 0.6) is 5.75 Å². The van der Waals surface area contributed by atoms with Crippen molar-refractivity contribution in [3.05, 3.63) is 46.6 Å². The summed E-state index contributed by atoms with van der Waals surface area (Å²) >= 11 is 1.90. The van der Waals surface area contributed by atoms with Crippen molar-refractivity contribution in [3.63, 3.8) is 0 Å². The third kappa shape index (κ3) is 3.59. The van der Waals surface area contributed by atoms with Gasteiger partial charge < -0.3 is 14.4 Å². The molecule has 1 unspecified atom stereocenters. The number of benzene rings is 1. The van der Waals surface area contributed by atoms with Crippen molar-refractivity contribution in [3.8, 4) is 17.1 Å². The van der Waals surface area contributed by atoms with E-state index in [9.17, 15) is 0 Å². The van der Waals surface area contributed by atoms with Crippen LogP contribution in [0.1, 0.15) is 22.9 Å². The van der Waals surface area contributed by atoms with Crippen LogP contribution in [0.4, 0.5) is 5.00 Å². The summed E-state index contributed by atoms with van der Waals surface area (Å²) < 4.78 is 13.0. The van der Waals surface area contributed by atoms with Gasteiger partial charge in [-0.05, 0) is 37.1 Å². The fraction of sp³-hybridized carbons (Fsp3) is 0.455. The van der Waals surface area contributed by atoms with Crippen LogP contribution in [0.2, 0.25) is 0 Å². The molecule has 0 N–H and O–H groups in total. The lowest BCUT2D eigenvalue weighted by molar-refractivity contribution is -0.0209. The molecule has 1 atom stereocenters. The van der Waals surface area contributed by atoms with Crippen LogP contribution < -0.4 is 9.64 Å². The number of fused-ring (bicyclic) bond motifs is 3. The molecule has 0 radical (unpaired) electrons. The topological polar surface area (TPSA) is 55.7 Å². The number of methoxy groups -OCH3 is 1. The molecule has 0 aliphatic carbocycles. The molecular weight excluding hydrogens is 398 g/mol. The Kier molecular flexibility index (Phi) is 5.22. The highest BCUT2D eigenvalue weighted by atomic mass is 32.1. The maximum Gasteiger partial charge on any atom is 0.163 e. The average molecular weight is 426 g/mol. The van der Waals surface area contributed by atoms with Crippen LogP contribution >= 0.6 is 11.3 Å². The number of hydrogen-bond donors (Lipinski definition) is 0. The molecule has 2 aliphatic rings. The Balaban J connectivity index is 1.46. The van der Waals surface area contributed by atoms with E-state index in [1.54, 1.807) is 13.4 Å². The minimum atomic E-state index is 0.295. The van der Waals surface area contributed by atoms with E-state index in [1.807, 2.05) is 28.2 Å². The molecule has 3 aromatic rings. The molecule has 1 fully saturated rings. The lowest BCUT2D eigenvalue weighted by Crippen LogP contribution is -2.40. The van der Waals surface area contributed by atoms with Gasteiger partial charge in [0.2, 0.25) is 0 Å². The Labute approximate surface area is 180 Å². The highest BCUT2D eigenvalue weighted by molar-refractivity contribution is 7.17. The second-order valence-electron chi connectivity index (χ2n) is 8.02. The first kappa shape index (κ1) is 19.5. The van der Waals surface area contributed by atoms with Gasteiger partial charge in [0.05, 0.1) is 25.4 Å². The van der Waals surface area contributed by atoms with Crippen molar-refractivity contribution < 1.29 is 9.47 Å². The molecule has 0 bridgehead atoms. The Bertz CT molecular complexity index is 1030. The first-order valence-corrected chi connectivity index (χ1v) is 11.2. The fourth-order valence-electron chi connectivity index (χ4n) is 4.28. The molecule has 2 aliphatic heterocycles. The summed E-state index contributed by atoms with van der Waals surface area (Å²) in [5, 5.41) is 5.76. The highest BCUT2D eigenvalue weighted by Crippen LogP contribution is 2.45. The van der Waals surface area contributed by atoms with Gasteiger partial charge in [-0.1, -0.05) is 12.1 Å². The van der Waals surface area contributed by atoms with Crippen LogP contribution in [0, 0.1) is 6.92 Å².